The summed E-state index contributed by atoms with van der Waals surface area (Å²) in [4.78, 5) is 11.9. The summed E-state index contributed by atoms with van der Waals surface area (Å²) in [6.45, 7) is 5.43. The number of nitrogens with zero attached hydrogens (tertiary/aromatic N) is 5. The molecule has 1 saturated heterocycles. The smallest absolute Gasteiger partial charge is 0.222 e. The molecule has 4 rings (SSSR count). The molecule has 0 unspecified atom stereocenters. The third kappa shape index (κ3) is 2.72. The van der Waals surface area contributed by atoms with Crippen LogP contribution in [0.4, 0.5) is 5.13 Å². The lowest BCUT2D eigenvalue weighted by Crippen LogP contribution is -2.65. The van der Waals surface area contributed by atoms with Crippen LogP contribution in [0, 0.1) is 0 Å². The van der Waals surface area contributed by atoms with Crippen molar-refractivity contribution in [3.05, 3.63) is 24.0 Å². The number of ether oxygens (including phenoxy) is 1. The lowest BCUT2D eigenvalue weighted by atomic mass is 9.95. The summed E-state index contributed by atoms with van der Waals surface area (Å²) >= 11 is 1.48. The average molecular weight is 374 g/mol. The molecular weight excluding hydrogens is 352 g/mol. The van der Waals surface area contributed by atoms with Crippen LogP contribution in [0.15, 0.2) is 18.3 Å². The summed E-state index contributed by atoms with van der Waals surface area (Å²) in [6, 6.07) is 4.01. The second-order valence-electron chi connectivity index (χ2n) is 6.95. The third-order valence-corrected chi connectivity index (χ3v) is 5.62. The number of fused-ring (bicyclic) bond motifs is 1. The molecule has 1 fully saturated rings. The Hall–Kier alpha value is -2.23. The van der Waals surface area contributed by atoms with Crippen molar-refractivity contribution < 1.29 is 9.84 Å². The molecule has 8 nitrogen and oxygen atoms in total. The number of methoxy groups -OCH3 is 1. The van der Waals surface area contributed by atoms with Crippen molar-refractivity contribution in [2.45, 2.75) is 25.4 Å². The van der Waals surface area contributed by atoms with Crippen molar-refractivity contribution in [1.29, 1.82) is 0 Å². The molecule has 0 saturated carbocycles. The minimum absolute atomic E-state index is 0.252. The maximum Gasteiger partial charge on any atom is 0.222 e. The molecule has 3 aromatic rings. The van der Waals surface area contributed by atoms with Gasteiger partial charge in [-0.3, -0.25) is 0 Å². The van der Waals surface area contributed by atoms with Gasteiger partial charge in [-0.1, -0.05) is 25.2 Å². The first-order valence-corrected chi connectivity index (χ1v) is 9.33. The van der Waals surface area contributed by atoms with Crippen LogP contribution < -0.4 is 15.4 Å². The van der Waals surface area contributed by atoms with Gasteiger partial charge in [-0.25, -0.2) is 14.5 Å². The largest absolute Gasteiger partial charge is 0.480 e. The number of aliphatic hydroxyl groups is 1. The fourth-order valence-corrected chi connectivity index (χ4v) is 3.92. The van der Waals surface area contributed by atoms with Gasteiger partial charge in [0.05, 0.1) is 37.7 Å². The highest BCUT2D eigenvalue weighted by Gasteiger charge is 2.41. The number of hydrogen-bond donors (Lipinski definition) is 2. The Balaban J connectivity index is 1.70. The Morgan fingerprint density at radius 1 is 1.38 bits per heavy atom. The molecule has 0 amide bonds. The van der Waals surface area contributed by atoms with Crippen LogP contribution in [-0.4, -0.2) is 57.0 Å². The molecule has 0 bridgehead atoms. The molecule has 138 valence electrons. The summed E-state index contributed by atoms with van der Waals surface area (Å²) in [5.41, 5.74) is 7.45. The summed E-state index contributed by atoms with van der Waals surface area (Å²) in [5, 5.41) is 15.6. The number of rotatable bonds is 5. The Morgan fingerprint density at radius 3 is 2.81 bits per heavy atom. The fraction of sp³-hybridized carbons (Fsp3) is 0.471. The highest BCUT2D eigenvalue weighted by atomic mass is 32.1. The number of hydrogen-bond acceptors (Lipinski definition) is 8. The van der Waals surface area contributed by atoms with Crippen LogP contribution in [0.3, 0.4) is 0 Å². The van der Waals surface area contributed by atoms with Gasteiger partial charge in [0.25, 0.3) is 0 Å². The van der Waals surface area contributed by atoms with E-state index in [1.165, 1.54) is 11.3 Å². The van der Waals surface area contributed by atoms with E-state index >= 15 is 0 Å². The maximum absolute atomic E-state index is 10.1. The van der Waals surface area contributed by atoms with Gasteiger partial charge in [-0.05, 0) is 18.1 Å². The molecule has 0 aliphatic carbocycles. The zero-order chi connectivity index (χ0) is 18.5. The Kier molecular flexibility index (Phi) is 4.09. The fourth-order valence-electron chi connectivity index (χ4n) is 3.05. The van der Waals surface area contributed by atoms with Gasteiger partial charge in [0, 0.05) is 12.2 Å². The minimum Gasteiger partial charge on any atom is -0.480 e. The summed E-state index contributed by atoms with van der Waals surface area (Å²) in [5.74, 6) is 0.885. The molecule has 0 radical (unpaired) electrons. The van der Waals surface area contributed by atoms with Gasteiger partial charge < -0.3 is 20.5 Å². The first kappa shape index (κ1) is 17.2. The lowest BCUT2D eigenvalue weighted by Gasteiger charge is -2.45. The molecule has 1 aliphatic heterocycles. The topological polar surface area (TPSA) is 102 Å². The van der Waals surface area contributed by atoms with Gasteiger partial charge in [-0.2, -0.15) is 0 Å². The van der Waals surface area contributed by atoms with E-state index in [-0.39, 0.29) is 6.54 Å². The number of pyridine rings is 1. The van der Waals surface area contributed by atoms with Gasteiger partial charge in [0.1, 0.15) is 5.60 Å². The Bertz CT molecular complexity index is 944. The zero-order valence-corrected chi connectivity index (χ0v) is 15.8. The standard InChI is InChI=1S/C17H22N6O2S/c1-10(2)12-5-4-11(14(20-12)25-3)13-6-19-15-23(13)21-16(26-15)22-8-17(24,7-18)9-22/h4-6,10,24H,7-9,18H2,1-3H3. The van der Waals surface area contributed by atoms with Crippen LogP contribution >= 0.6 is 11.3 Å². The van der Waals surface area contributed by atoms with E-state index < -0.39 is 5.60 Å². The van der Waals surface area contributed by atoms with Crippen LogP contribution in [0.2, 0.25) is 0 Å². The monoisotopic (exact) mass is 374 g/mol. The summed E-state index contributed by atoms with van der Waals surface area (Å²) in [7, 11) is 1.62. The van der Waals surface area contributed by atoms with Crippen LogP contribution in [0.5, 0.6) is 5.88 Å². The van der Waals surface area contributed by atoms with Crippen LogP contribution in [0.25, 0.3) is 16.2 Å². The normalized spacial score (nSPS) is 16.3. The highest BCUT2D eigenvalue weighted by molar-refractivity contribution is 7.20. The van der Waals surface area contributed by atoms with Crippen LogP contribution in [-0.2, 0) is 0 Å². The van der Waals surface area contributed by atoms with E-state index in [1.807, 2.05) is 17.0 Å². The van der Waals surface area contributed by atoms with E-state index in [1.54, 1.807) is 17.8 Å². The molecule has 26 heavy (non-hydrogen) atoms. The molecule has 0 aromatic carbocycles. The lowest BCUT2D eigenvalue weighted by molar-refractivity contribution is 0.0208. The quantitative estimate of drug-likeness (QED) is 0.698. The third-order valence-electron chi connectivity index (χ3n) is 4.64. The van der Waals surface area contributed by atoms with E-state index in [2.05, 4.69) is 28.9 Å². The van der Waals surface area contributed by atoms with Crippen molar-refractivity contribution in [1.82, 2.24) is 19.6 Å². The van der Waals surface area contributed by atoms with Gasteiger partial charge in [0.2, 0.25) is 16.0 Å². The Labute approximate surface area is 155 Å². The van der Waals surface area contributed by atoms with Crippen molar-refractivity contribution in [3.63, 3.8) is 0 Å². The molecule has 9 heteroatoms. The van der Waals surface area contributed by atoms with Crippen molar-refractivity contribution in [2.75, 3.05) is 31.6 Å². The number of imidazole rings is 1. The predicted molar refractivity (Wildman–Crippen MR) is 101 cm³/mol. The first-order valence-electron chi connectivity index (χ1n) is 8.51. The van der Waals surface area contributed by atoms with E-state index in [0.717, 1.165) is 27.0 Å². The number of β-amino-alcohol motifs (C(OH)–C–C–N with tert-alkyl or cyclic N) is 1. The van der Waals surface area contributed by atoms with Gasteiger partial charge >= 0.3 is 0 Å². The second-order valence-corrected chi connectivity index (χ2v) is 7.89. The summed E-state index contributed by atoms with van der Waals surface area (Å²) < 4.78 is 7.30. The van der Waals surface area contributed by atoms with Gasteiger partial charge in [-0.15, -0.1) is 5.10 Å². The first-order chi connectivity index (χ1) is 12.4. The maximum atomic E-state index is 10.1. The molecule has 4 heterocycles. The van der Waals surface area contributed by atoms with Crippen molar-refractivity contribution in [3.8, 4) is 17.1 Å². The van der Waals surface area contributed by atoms with Crippen LogP contribution in [0.1, 0.15) is 25.5 Å². The predicted octanol–water partition coefficient (Wildman–Crippen LogP) is 1.49. The zero-order valence-electron chi connectivity index (χ0n) is 15.0. The van der Waals surface area contributed by atoms with E-state index in [9.17, 15) is 5.11 Å². The molecule has 3 N–H and O–H groups in total. The second kappa shape index (κ2) is 6.19. The molecule has 1 aliphatic rings. The van der Waals surface area contributed by atoms with E-state index in [0.29, 0.717) is 24.9 Å². The minimum atomic E-state index is -0.809. The number of anilines is 1. The SMILES string of the molecule is COc1nc(C(C)C)ccc1-c1cnc2sc(N3CC(O)(CN)C3)nn12. The summed E-state index contributed by atoms with van der Waals surface area (Å²) in [6.07, 6.45) is 1.78. The molecule has 0 spiro atoms. The molecular formula is C17H22N6O2S. The van der Waals surface area contributed by atoms with Gasteiger partial charge in [0.15, 0.2) is 0 Å². The Morgan fingerprint density at radius 2 is 2.15 bits per heavy atom. The molecule has 0 atom stereocenters. The average Bonchev–Trinajstić information content (AvgIpc) is 3.18. The molecule has 3 aromatic heterocycles. The van der Waals surface area contributed by atoms with Crippen molar-refractivity contribution >= 4 is 21.4 Å². The van der Waals surface area contributed by atoms with E-state index in [4.69, 9.17) is 10.5 Å². The number of aromatic nitrogens is 4. The van der Waals surface area contributed by atoms with Crippen molar-refractivity contribution in [2.24, 2.45) is 5.73 Å². The number of nitrogens with two attached hydrogens (primary N) is 1. The highest BCUT2D eigenvalue weighted by Crippen LogP contribution is 2.35.